The molecule has 1 aliphatic heterocycles. The molecule has 1 atom stereocenters. The van der Waals surface area contributed by atoms with Crippen LogP contribution in [0.1, 0.15) is 32.4 Å². The Bertz CT molecular complexity index is 436. The number of nitrogens with zero attached hydrogens (tertiary/aromatic N) is 1. The van der Waals surface area contributed by atoms with Gasteiger partial charge in [-0.3, -0.25) is 4.79 Å². The van der Waals surface area contributed by atoms with Crippen LogP contribution in [0.15, 0.2) is 30.3 Å². The Balaban J connectivity index is 2.41. The Kier molecular flexibility index (Phi) is 2.91. The summed E-state index contributed by atoms with van der Waals surface area (Å²) in [4.78, 5) is 13.7. The first kappa shape index (κ1) is 12.7. The molecule has 4 heteroatoms. The molecule has 2 rings (SSSR count). The highest BCUT2D eigenvalue weighted by atomic mass is 35.5. The second-order valence-corrected chi connectivity index (χ2v) is 6.67. The average molecular weight is 272 g/mol. The predicted molar refractivity (Wildman–Crippen MR) is 70.2 cm³/mol. The van der Waals surface area contributed by atoms with Crippen LogP contribution in [0.5, 0.6) is 0 Å². The highest BCUT2D eigenvalue weighted by molar-refractivity contribution is 6.60. The number of rotatable bonds is 1. The number of halogens is 2. The van der Waals surface area contributed by atoms with Gasteiger partial charge in [0.2, 0.25) is 4.33 Å². The Morgan fingerprint density at radius 2 is 1.71 bits per heavy atom. The van der Waals surface area contributed by atoms with E-state index in [4.69, 9.17) is 23.2 Å². The van der Waals surface area contributed by atoms with E-state index >= 15 is 0 Å². The van der Waals surface area contributed by atoms with E-state index in [9.17, 15) is 4.79 Å². The zero-order valence-electron chi connectivity index (χ0n) is 10.1. The fourth-order valence-corrected chi connectivity index (χ4v) is 2.81. The van der Waals surface area contributed by atoms with Crippen molar-refractivity contribution in [2.75, 3.05) is 0 Å². The molecular formula is C13H15Cl2NO. The minimum Gasteiger partial charge on any atom is -0.325 e. The van der Waals surface area contributed by atoms with Crippen LogP contribution >= 0.6 is 23.2 Å². The largest absolute Gasteiger partial charge is 0.325 e. The average Bonchev–Trinajstić information content (AvgIpc) is 2.24. The van der Waals surface area contributed by atoms with E-state index in [0.717, 1.165) is 5.56 Å². The summed E-state index contributed by atoms with van der Waals surface area (Å²) < 4.78 is -1.34. The quantitative estimate of drug-likeness (QED) is 0.565. The van der Waals surface area contributed by atoms with Crippen LogP contribution in [0.3, 0.4) is 0 Å². The van der Waals surface area contributed by atoms with Crippen molar-refractivity contribution in [3.05, 3.63) is 35.9 Å². The van der Waals surface area contributed by atoms with Crippen LogP contribution in [-0.4, -0.2) is 20.7 Å². The summed E-state index contributed by atoms with van der Waals surface area (Å²) >= 11 is 12.3. The molecule has 2 nitrogen and oxygen atoms in total. The number of carbonyl (C=O) groups is 1. The van der Waals surface area contributed by atoms with Gasteiger partial charge in [0.25, 0.3) is 5.91 Å². The Morgan fingerprint density at radius 3 is 2.18 bits per heavy atom. The van der Waals surface area contributed by atoms with Crippen molar-refractivity contribution in [2.24, 2.45) is 0 Å². The van der Waals surface area contributed by atoms with Crippen molar-refractivity contribution >= 4 is 29.1 Å². The lowest BCUT2D eigenvalue weighted by Crippen LogP contribution is -2.68. The van der Waals surface area contributed by atoms with E-state index in [1.807, 2.05) is 51.1 Å². The molecule has 1 fully saturated rings. The Labute approximate surface area is 112 Å². The van der Waals surface area contributed by atoms with Crippen LogP contribution in [0.2, 0.25) is 0 Å². The maximum Gasteiger partial charge on any atom is 0.262 e. The number of alkyl halides is 2. The molecule has 0 N–H and O–H groups in total. The number of hydrogen-bond acceptors (Lipinski definition) is 1. The van der Waals surface area contributed by atoms with Gasteiger partial charge >= 0.3 is 0 Å². The lowest BCUT2D eigenvalue weighted by molar-refractivity contribution is -0.156. The van der Waals surface area contributed by atoms with Gasteiger partial charge in [-0.15, -0.1) is 0 Å². The minimum atomic E-state index is -1.34. The fourth-order valence-electron chi connectivity index (χ4n) is 2.18. The topological polar surface area (TPSA) is 20.3 Å². The van der Waals surface area contributed by atoms with Gasteiger partial charge in [0.05, 0.1) is 6.04 Å². The van der Waals surface area contributed by atoms with Crippen LogP contribution < -0.4 is 0 Å². The molecule has 0 radical (unpaired) electrons. The fraction of sp³-hybridized carbons (Fsp3) is 0.462. The van der Waals surface area contributed by atoms with Crippen molar-refractivity contribution in [3.8, 4) is 0 Å². The third-order valence-electron chi connectivity index (χ3n) is 2.94. The third-order valence-corrected chi connectivity index (χ3v) is 3.68. The first-order valence-electron chi connectivity index (χ1n) is 5.53. The van der Waals surface area contributed by atoms with E-state index in [0.29, 0.717) is 0 Å². The zero-order chi connectivity index (χ0) is 12.8. The minimum absolute atomic E-state index is 0.220. The normalized spacial score (nSPS) is 23.5. The predicted octanol–water partition coefficient (Wildman–Crippen LogP) is 3.54. The number of benzene rings is 1. The molecule has 1 saturated heterocycles. The third kappa shape index (κ3) is 1.94. The van der Waals surface area contributed by atoms with Gasteiger partial charge in [-0.1, -0.05) is 53.5 Å². The van der Waals surface area contributed by atoms with Gasteiger partial charge in [-0.25, -0.2) is 0 Å². The molecule has 1 amide bonds. The number of amides is 1. The molecule has 0 saturated carbocycles. The first-order chi connectivity index (χ1) is 7.76. The molecule has 1 aromatic carbocycles. The van der Waals surface area contributed by atoms with E-state index in [2.05, 4.69) is 0 Å². The molecule has 0 aromatic heterocycles. The number of hydrogen-bond donors (Lipinski definition) is 0. The molecule has 1 aromatic rings. The van der Waals surface area contributed by atoms with Crippen molar-refractivity contribution in [2.45, 2.75) is 36.7 Å². The van der Waals surface area contributed by atoms with E-state index in [-0.39, 0.29) is 17.5 Å². The smallest absolute Gasteiger partial charge is 0.262 e. The summed E-state index contributed by atoms with van der Waals surface area (Å²) in [7, 11) is 0. The van der Waals surface area contributed by atoms with Crippen LogP contribution in [-0.2, 0) is 4.79 Å². The molecule has 92 valence electrons. The summed E-state index contributed by atoms with van der Waals surface area (Å²) in [5.41, 5.74) is 0.678. The lowest BCUT2D eigenvalue weighted by Gasteiger charge is -2.55. The van der Waals surface area contributed by atoms with Crippen LogP contribution in [0.25, 0.3) is 0 Å². The maximum absolute atomic E-state index is 12.0. The van der Waals surface area contributed by atoms with Gasteiger partial charge in [-0.2, -0.15) is 0 Å². The lowest BCUT2D eigenvalue weighted by atomic mass is 9.87. The standard InChI is InChI=1S/C13H15Cl2NO/c1-12(2,3)16-10(13(14,15)11(16)17)9-7-5-4-6-8-9/h4-8,10H,1-3H3/t10-/m1/s1. The first-order valence-corrected chi connectivity index (χ1v) is 6.28. The van der Waals surface area contributed by atoms with E-state index in [1.165, 1.54) is 0 Å². The molecule has 1 aliphatic rings. The maximum atomic E-state index is 12.0. The highest BCUT2D eigenvalue weighted by Gasteiger charge is 2.62. The second kappa shape index (κ2) is 3.89. The number of likely N-dealkylation sites (tertiary alicyclic amines) is 1. The van der Waals surface area contributed by atoms with Crippen molar-refractivity contribution < 1.29 is 4.79 Å². The monoisotopic (exact) mass is 271 g/mol. The molecule has 0 bridgehead atoms. The second-order valence-electron chi connectivity index (χ2n) is 5.28. The molecule has 1 heterocycles. The summed E-state index contributed by atoms with van der Waals surface area (Å²) in [6.45, 7) is 5.93. The van der Waals surface area contributed by atoms with Crippen molar-refractivity contribution in [1.29, 1.82) is 0 Å². The highest BCUT2D eigenvalue weighted by Crippen LogP contribution is 2.53. The summed E-state index contributed by atoms with van der Waals surface area (Å²) in [5, 5.41) is 0. The van der Waals surface area contributed by atoms with Crippen LogP contribution in [0, 0.1) is 0 Å². The van der Waals surface area contributed by atoms with Gasteiger partial charge in [-0.05, 0) is 26.3 Å². The van der Waals surface area contributed by atoms with Gasteiger partial charge in [0, 0.05) is 5.54 Å². The Hall–Kier alpha value is -0.730. The van der Waals surface area contributed by atoms with Crippen molar-refractivity contribution in [3.63, 3.8) is 0 Å². The molecule has 0 aliphatic carbocycles. The van der Waals surface area contributed by atoms with Gasteiger partial charge in [0.15, 0.2) is 0 Å². The summed E-state index contributed by atoms with van der Waals surface area (Å²) in [5.74, 6) is -0.220. The van der Waals surface area contributed by atoms with Gasteiger partial charge < -0.3 is 4.90 Å². The number of β-lactam (4-membered cyclic amide) rings is 1. The summed E-state index contributed by atoms with van der Waals surface area (Å²) in [6.07, 6.45) is 0. The molecular weight excluding hydrogens is 257 g/mol. The van der Waals surface area contributed by atoms with Crippen LogP contribution in [0.4, 0.5) is 0 Å². The zero-order valence-corrected chi connectivity index (χ0v) is 11.6. The molecule has 0 unspecified atom stereocenters. The Morgan fingerprint density at radius 1 is 1.18 bits per heavy atom. The molecule has 17 heavy (non-hydrogen) atoms. The number of carbonyl (C=O) groups excluding carboxylic acids is 1. The van der Waals surface area contributed by atoms with E-state index in [1.54, 1.807) is 4.90 Å². The van der Waals surface area contributed by atoms with E-state index < -0.39 is 4.33 Å². The molecule has 0 spiro atoms. The SMILES string of the molecule is CC(C)(C)N1C(=O)C(Cl)(Cl)[C@H]1c1ccccc1. The summed E-state index contributed by atoms with van der Waals surface area (Å²) in [6, 6.07) is 9.37. The van der Waals surface area contributed by atoms with Gasteiger partial charge in [0.1, 0.15) is 0 Å². The van der Waals surface area contributed by atoms with Crippen molar-refractivity contribution in [1.82, 2.24) is 4.90 Å².